The third-order valence-electron chi connectivity index (χ3n) is 4.82. The van der Waals surface area contributed by atoms with E-state index in [0.717, 1.165) is 24.8 Å². The number of rotatable bonds is 3. The molecule has 0 amide bonds. The standard InChI is InChI=1S/C15H22FN/c1-4-15(5-2)12(9-14(15)17)11-6-7-13(16)10(3)8-11/h6-8,12,14H,4-5,9,17H2,1-3H3. The molecule has 2 unspecified atom stereocenters. The third kappa shape index (κ3) is 1.79. The molecule has 1 aromatic carbocycles. The molecule has 2 atom stereocenters. The zero-order chi connectivity index (χ0) is 12.6. The van der Waals surface area contributed by atoms with Crippen LogP contribution in [-0.4, -0.2) is 6.04 Å². The molecule has 2 N–H and O–H groups in total. The minimum atomic E-state index is -0.115. The molecular weight excluding hydrogens is 213 g/mol. The second kappa shape index (κ2) is 4.41. The Bertz CT molecular complexity index is 409. The van der Waals surface area contributed by atoms with Crippen LogP contribution in [0, 0.1) is 18.2 Å². The molecule has 1 saturated carbocycles. The SMILES string of the molecule is CCC1(CC)C(N)CC1c1ccc(F)c(C)c1. The number of nitrogens with two attached hydrogens (primary N) is 1. The Morgan fingerprint density at radius 2 is 2.00 bits per heavy atom. The fraction of sp³-hybridized carbons (Fsp3) is 0.600. The first-order valence-corrected chi connectivity index (χ1v) is 6.56. The van der Waals surface area contributed by atoms with Crippen molar-refractivity contribution in [1.82, 2.24) is 0 Å². The van der Waals surface area contributed by atoms with Gasteiger partial charge in [-0.3, -0.25) is 0 Å². The van der Waals surface area contributed by atoms with Crippen LogP contribution in [0.3, 0.4) is 0 Å². The zero-order valence-electron chi connectivity index (χ0n) is 11.0. The van der Waals surface area contributed by atoms with Gasteiger partial charge in [0.05, 0.1) is 0 Å². The van der Waals surface area contributed by atoms with Gasteiger partial charge in [-0.25, -0.2) is 4.39 Å². The minimum Gasteiger partial charge on any atom is -0.327 e. The van der Waals surface area contributed by atoms with Crippen LogP contribution in [0.25, 0.3) is 0 Å². The second-order valence-electron chi connectivity index (χ2n) is 5.34. The Morgan fingerprint density at radius 1 is 1.35 bits per heavy atom. The predicted octanol–water partition coefficient (Wildman–Crippen LogP) is 3.76. The molecule has 2 heteroatoms. The number of halogens is 1. The van der Waals surface area contributed by atoms with Crippen molar-refractivity contribution in [3.05, 3.63) is 35.1 Å². The average Bonchev–Trinajstić information content (AvgIpc) is 2.32. The lowest BCUT2D eigenvalue weighted by molar-refractivity contribution is 0.0437. The summed E-state index contributed by atoms with van der Waals surface area (Å²) in [5, 5.41) is 0. The van der Waals surface area contributed by atoms with Gasteiger partial charge in [0.15, 0.2) is 0 Å². The molecule has 1 aliphatic carbocycles. The Morgan fingerprint density at radius 3 is 2.47 bits per heavy atom. The molecule has 2 rings (SSSR count). The van der Waals surface area contributed by atoms with E-state index in [4.69, 9.17) is 5.73 Å². The molecule has 0 radical (unpaired) electrons. The van der Waals surface area contributed by atoms with Gasteiger partial charge in [-0.15, -0.1) is 0 Å². The maximum atomic E-state index is 13.3. The van der Waals surface area contributed by atoms with Crippen molar-refractivity contribution >= 4 is 0 Å². The first-order valence-electron chi connectivity index (χ1n) is 6.56. The predicted molar refractivity (Wildman–Crippen MR) is 69.5 cm³/mol. The lowest BCUT2D eigenvalue weighted by atomic mass is 9.52. The zero-order valence-corrected chi connectivity index (χ0v) is 11.0. The van der Waals surface area contributed by atoms with Gasteiger partial charge in [-0.2, -0.15) is 0 Å². The van der Waals surface area contributed by atoms with Gasteiger partial charge >= 0.3 is 0 Å². The maximum Gasteiger partial charge on any atom is 0.126 e. The molecule has 0 saturated heterocycles. The quantitative estimate of drug-likeness (QED) is 0.848. The van der Waals surface area contributed by atoms with E-state index < -0.39 is 0 Å². The van der Waals surface area contributed by atoms with Gasteiger partial charge in [0.2, 0.25) is 0 Å². The third-order valence-corrected chi connectivity index (χ3v) is 4.82. The molecule has 0 aliphatic heterocycles. The van der Waals surface area contributed by atoms with Crippen molar-refractivity contribution in [2.24, 2.45) is 11.1 Å². The molecule has 94 valence electrons. The Kier molecular flexibility index (Phi) is 3.26. The van der Waals surface area contributed by atoms with Crippen LogP contribution >= 0.6 is 0 Å². The highest BCUT2D eigenvalue weighted by Gasteiger charge is 2.50. The van der Waals surface area contributed by atoms with E-state index in [0.29, 0.717) is 12.0 Å². The van der Waals surface area contributed by atoms with Gasteiger partial charge < -0.3 is 5.73 Å². The van der Waals surface area contributed by atoms with E-state index in [1.165, 1.54) is 5.56 Å². The Hall–Kier alpha value is -0.890. The normalized spacial score (nSPS) is 26.6. The van der Waals surface area contributed by atoms with Crippen LogP contribution in [0.15, 0.2) is 18.2 Å². The van der Waals surface area contributed by atoms with E-state index in [2.05, 4.69) is 13.8 Å². The molecule has 1 aliphatic rings. The number of hydrogen-bond acceptors (Lipinski definition) is 1. The van der Waals surface area contributed by atoms with Crippen LogP contribution in [0.2, 0.25) is 0 Å². The van der Waals surface area contributed by atoms with E-state index in [1.54, 1.807) is 6.07 Å². The lowest BCUT2D eigenvalue weighted by Crippen LogP contribution is -2.55. The van der Waals surface area contributed by atoms with Crippen molar-refractivity contribution in [1.29, 1.82) is 0 Å². The van der Waals surface area contributed by atoms with Crippen molar-refractivity contribution in [2.45, 2.75) is 52.0 Å². The van der Waals surface area contributed by atoms with Crippen molar-refractivity contribution in [2.75, 3.05) is 0 Å². The Labute approximate surface area is 103 Å². The summed E-state index contributed by atoms with van der Waals surface area (Å²) in [4.78, 5) is 0. The molecule has 17 heavy (non-hydrogen) atoms. The fourth-order valence-electron chi connectivity index (χ4n) is 3.44. The molecule has 1 nitrogen and oxygen atoms in total. The van der Waals surface area contributed by atoms with E-state index in [-0.39, 0.29) is 11.2 Å². The molecule has 0 heterocycles. The van der Waals surface area contributed by atoms with Gasteiger partial charge in [0.1, 0.15) is 5.82 Å². The molecule has 0 aromatic heterocycles. The van der Waals surface area contributed by atoms with Gasteiger partial charge in [-0.05, 0) is 54.7 Å². The maximum absolute atomic E-state index is 13.3. The lowest BCUT2D eigenvalue weighted by Gasteiger charge is -2.55. The van der Waals surface area contributed by atoms with Gasteiger partial charge in [0.25, 0.3) is 0 Å². The average molecular weight is 235 g/mol. The molecular formula is C15H22FN. The van der Waals surface area contributed by atoms with E-state index in [1.807, 2.05) is 19.1 Å². The molecule has 0 spiro atoms. The topological polar surface area (TPSA) is 26.0 Å². The fourth-order valence-corrected chi connectivity index (χ4v) is 3.44. The van der Waals surface area contributed by atoms with Crippen LogP contribution < -0.4 is 5.73 Å². The van der Waals surface area contributed by atoms with Crippen molar-refractivity contribution < 1.29 is 4.39 Å². The number of benzene rings is 1. The number of aryl methyl sites for hydroxylation is 1. The number of hydrogen-bond donors (Lipinski definition) is 1. The van der Waals surface area contributed by atoms with Crippen LogP contribution in [0.5, 0.6) is 0 Å². The molecule has 1 fully saturated rings. The van der Waals surface area contributed by atoms with Crippen LogP contribution in [0.4, 0.5) is 4.39 Å². The highest BCUT2D eigenvalue weighted by atomic mass is 19.1. The summed E-state index contributed by atoms with van der Waals surface area (Å²) in [7, 11) is 0. The summed E-state index contributed by atoms with van der Waals surface area (Å²) < 4.78 is 13.3. The minimum absolute atomic E-state index is 0.115. The summed E-state index contributed by atoms with van der Waals surface area (Å²) in [6, 6.07) is 5.81. The highest BCUT2D eigenvalue weighted by Crippen LogP contribution is 2.56. The van der Waals surface area contributed by atoms with Crippen molar-refractivity contribution in [3.63, 3.8) is 0 Å². The largest absolute Gasteiger partial charge is 0.327 e. The van der Waals surface area contributed by atoms with Crippen molar-refractivity contribution in [3.8, 4) is 0 Å². The summed E-state index contributed by atoms with van der Waals surface area (Å²) in [6.07, 6.45) is 3.24. The van der Waals surface area contributed by atoms with Crippen LogP contribution in [-0.2, 0) is 0 Å². The van der Waals surface area contributed by atoms with Gasteiger partial charge in [0, 0.05) is 6.04 Å². The van der Waals surface area contributed by atoms with Crippen LogP contribution in [0.1, 0.15) is 50.2 Å². The van der Waals surface area contributed by atoms with Gasteiger partial charge in [-0.1, -0.05) is 26.0 Å². The monoisotopic (exact) mass is 235 g/mol. The molecule has 1 aromatic rings. The summed E-state index contributed by atoms with van der Waals surface area (Å²) in [6.45, 7) is 6.26. The summed E-state index contributed by atoms with van der Waals surface area (Å²) >= 11 is 0. The summed E-state index contributed by atoms with van der Waals surface area (Å²) in [5.74, 6) is 0.391. The first kappa shape index (κ1) is 12.6. The van der Waals surface area contributed by atoms with E-state index >= 15 is 0 Å². The van der Waals surface area contributed by atoms with E-state index in [9.17, 15) is 4.39 Å². The summed E-state index contributed by atoms with van der Waals surface area (Å²) in [5.41, 5.74) is 8.43. The first-order chi connectivity index (χ1) is 8.05. The smallest absolute Gasteiger partial charge is 0.126 e. The second-order valence-corrected chi connectivity index (χ2v) is 5.34. The molecule has 0 bridgehead atoms. The Balaban J connectivity index is 2.32. The highest BCUT2D eigenvalue weighted by molar-refractivity contribution is 5.32.